The normalized spacial score (nSPS) is 23.0. The first kappa shape index (κ1) is 17.1. The van der Waals surface area contributed by atoms with Crippen molar-refractivity contribution in [3.63, 3.8) is 0 Å². The second kappa shape index (κ2) is 6.46. The van der Waals surface area contributed by atoms with Gasteiger partial charge in [0, 0.05) is 24.3 Å². The minimum Gasteiger partial charge on any atom is -0.471 e. The van der Waals surface area contributed by atoms with Crippen molar-refractivity contribution in [1.29, 1.82) is 0 Å². The maximum absolute atomic E-state index is 12.3. The molecule has 0 bridgehead atoms. The highest BCUT2D eigenvalue weighted by atomic mass is 19.3. The van der Waals surface area contributed by atoms with Crippen molar-refractivity contribution < 1.29 is 18.3 Å². The van der Waals surface area contributed by atoms with Gasteiger partial charge in [0.25, 0.3) is 6.43 Å². The van der Waals surface area contributed by atoms with Gasteiger partial charge in [0.1, 0.15) is 0 Å². The Kier molecular flexibility index (Phi) is 5.02. The van der Waals surface area contributed by atoms with Crippen molar-refractivity contribution in [3.8, 4) is 5.88 Å². The monoisotopic (exact) mass is 314 g/mol. The van der Waals surface area contributed by atoms with Crippen LogP contribution in [0.15, 0.2) is 18.3 Å². The van der Waals surface area contributed by atoms with Gasteiger partial charge < -0.3 is 14.8 Å². The molecule has 1 aliphatic heterocycles. The van der Waals surface area contributed by atoms with E-state index in [1.54, 1.807) is 6.07 Å². The van der Waals surface area contributed by atoms with E-state index in [2.05, 4.69) is 38.0 Å². The highest BCUT2D eigenvalue weighted by Crippen LogP contribution is 2.37. The number of rotatable bonds is 6. The number of ether oxygens (including phenoxy) is 2. The molecule has 1 atom stereocenters. The Morgan fingerprint density at radius 1 is 1.41 bits per heavy atom. The van der Waals surface area contributed by atoms with Gasteiger partial charge in [0.2, 0.25) is 5.88 Å². The summed E-state index contributed by atoms with van der Waals surface area (Å²) < 4.78 is 35.7. The molecule has 0 unspecified atom stereocenters. The number of alkyl halides is 2. The zero-order chi connectivity index (χ0) is 16.4. The van der Waals surface area contributed by atoms with Crippen LogP contribution in [0.2, 0.25) is 0 Å². The average molecular weight is 314 g/mol. The standard InChI is InChI=1S/C16H24F2N2O2/c1-15(2)8-12(16(3,4)22-15)20-9-11-6-5-7-19-14(11)21-10-13(17)18/h5-7,12-13,20H,8-10H2,1-4H3/t12-/m0/s1. The molecule has 1 N–H and O–H groups in total. The van der Waals surface area contributed by atoms with Crippen LogP contribution in [0.25, 0.3) is 0 Å². The largest absolute Gasteiger partial charge is 0.471 e. The van der Waals surface area contributed by atoms with Crippen molar-refractivity contribution in [1.82, 2.24) is 10.3 Å². The third-order valence-electron chi connectivity index (χ3n) is 3.81. The van der Waals surface area contributed by atoms with Crippen LogP contribution < -0.4 is 10.1 Å². The lowest BCUT2D eigenvalue weighted by molar-refractivity contribution is -0.0699. The summed E-state index contributed by atoms with van der Waals surface area (Å²) in [4.78, 5) is 4.03. The van der Waals surface area contributed by atoms with Crippen LogP contribution in [0, 0.1) is 0 Å². The number of aromatic nitrogens is 1. The molecule has 2 rings (SSSR count). The summed E-state index contributed by atoms with van der Waals surface area (Å²) in [5, 5.41) is 3.44. The molecule has 0 aliphatic carbocycles. The zero-order valence-electron chi connectivity index (χ0n) is 13.5. The molecular formula is C16H24F2N2O2. The number of nitrogens with zero attached hydrogens (tertiary/aromatic N) is 1. The van der Waals surface area contributed by atoms with Crippen LogP contribution in [-0.4, -0.2) is 35.3 Å². The Morgan fingerprint density at radius 3 is 2.73 bits per heavy atom. The van der Waals surface area contributed by atoms with Crippen molar-refractivity contribution in [3.05, 3.63) is 23.9 Å². The van der Waals surface area contributed by atoms with Crippen molar-refractivity contribution in [2.24, 2.45) is 0 Å². The molecule has 0 saturated carbocycles. The molecule has 2 heterocycles. The second-order valence-electron chi connectivity index (χ2n) is 6.77. The summed E-state index contributed by atoms with van der Waals surface area (Å²) in [6.07, 6.45) is -0.0884. The smallest absolute Gasteiger partial charge is 0.272 e. The molecule has 0 radical (unpaired) electrons. The molecule has 1 aliphatic rings. The molecule has 1 aromatic rings. The summed E-state index contributed by atoms with van der Waals surface area (Å²) in [6.45, 7) is 8.10. The maximum atomic E-state index is 12.3. The second-order valence-corrected chi connectivity index (χ2v) is 6.77. The molecule has 124 valence electrons. The Morgan fingerprint density at radius 2 is 2.14 bits per heavy atom. The van der Waals surface area contributed by atoms with E-state index in [0.29, 0.717) is 6.54 Å². The number of hydrogen-bond acceptors (Lipinski definition) is 4. The van der Waals surface area contributed by atoms with Crippen molar-refractivity contribution in [2.75, 3.05) is 6.61 Å². The van der Waals surface area contributed by atoms with Crippen LogP contribution >= 0.6 is 0 Å². The summed E-state index contributed by atoms with van der Waals surface area (Å²) in [5.74, 6) is 0.256. The third kappa shape index (κ3) is 4.36. The third-order valence-corrected chi connectivity index (χ3v) is 3.81. The van der Waals surface area contributed by atoms with Gasteiger partial charge in [-0.05, 0) is 40.2 Å². The topological polar surface area (TPSA) is 43.4 Å². The van der Waals surface area contributed by atoms with Crippen LogP contribution in [0.1, 0.15) is 39.7 Å². The molecule has 6 heteroatoms. The van der Waals surface area contributed by atoms with E-state index in [4.69, 9.17) is 9.47 Å². The van der Waals surface area contributed by atoms with E-state index >= 15 is 0 Å². The van der Waals surface area contributed by atoms with E-state index in [-0.39, 0.29) is 23.1 Å². The van der Waals surface area contributed by atoms with Gasteiger partial charge in [-0.25, -0.2) is 13.8 Å². The Labute approximate surface area is 130 Å². The highest BCUT2D eigenvalue weighted by Gasteiger charge is 2.45. The van der Waals surface area contributed by atoms with Crippen molar-refractivity contribution >= 4 is 0 Å². The maximum Gasteiger partial charge on any atom is 0.272 e. The van der Waals surface area contributed by atoms with Crippen LogP contribution in [0.5, 0.6) is 5.88 Å². The van der Waals surface area contributed by atoms with Gasteiger partial charge >= 0.3 is 0 Å². The fraction of sp³-hybridized carbons (Fsp3) is 0.688. The van der Waals surface area contributed by atoms with Crippen molar-refractivity contribution in [2.45, 2.75) is 64.3 Å². The van der Waals surface area contributed by atoms with Gasteiger partial charge in [-0.1, -0.05) is 6.07 Å². The lowest BCUT2D eigenvalue weighted by Gasteiger charge is -2.28. The van der Waals surface area contributed by atoms with Gasteiger partial charge in [-0.3, -0.25) is 0 Å². The van der Waals surface area contributed by atoms with Crippen LogP contribution in [-0.2, 0) is 11.3 Å². The fourth-order valence-corrected chi connectivity index (χ4v) is 2.94. The average Bonchev–Trinajstić information content (AvgIpc) is 2.62. The molecular weight excluding hydrogens is 290 g/mol. The number of pyridine rings is 1. The Hall–Kier alpha value is -1.27. The lowest BCUT2D eigenvalue weighted by atomic mass is 9.94. The van der Waals surface area contributed by atoms with E-state index in [9.17, 15) is 8.78 Å². The first-order chi connectivity index (χ1) is 10.2. The quantitative estimate of drug-likeness (QED) is 0.876. The number of hydrogen-bond donors (Lipinski definition) is 1. The summed E-state index contributed by atoms with van der Waals surface area (Å²) in [6, 6.07) is 3.77. The van der Waals surface area contributed by atoms with Crippen LogP contribution in [0.3, 0.4) is 0 Å². The number of halogens is 2. The Bertz CT molecular complexity index is 507. The minimum absolute atomic E-state index is 0.172. The van der Waals surface area contributed by atoms with Gasteiger partial charge in [-0.15, -0.1) is 0 Å². The molecule has 1 aromatic heterocycles. The summed E-state index contributed by atoms with van der Waals surface area (Å²) in [7, 11) is 0. The van der Waals surface area contributed by atoms with Gasteiger partial charge in [0.15, 0.2) is 6.61 Å². The predicted octanol–water partition coefficient (Wildman–Crippen LogP) is 3.16. The van der Waals surface area contributed by atoms with Crippen LogP contribution in [0.4, 0.5) is 8.78 Å². The van der Waals surface area contributed by atoms with Gasteiger partial charge in [-0.2, -0.15) is 0 Å². The fourth-order valence-electron chi connectivity index (χ4n) is 2.94. The Balaban J connectivity index is 2.00. The molecule has 0 aromatic carbocycles. The molecule has 4 nitrogen and oxygen atoms in total. The number of nitrogens with one attached hydrogen (secondary N) is 1. The van der Waals surface area contributed by atoms with E-state index in [0.717, 1.165) is 12.0 Å². The lowest BCUT2D eigenvalue weighted by Crippen LogP contribution is -2.43. The van der Waals surface area contributed by atoms with E-state index in [1.165, 1.54) is 6.20 Å². The molecule has 0 spiro atoms. The predicted molar refractivity (Wildman–Crippen MR) is 80.2 cm³/mol. The molecule has 0 amide bonds. The molecule has 1 saturated heterocycles. The first-order valence-electron chi connectivity index (χ1n) is 7.48. The summed E-state index contributed by atoms with van der Waals surface area (Å²) >= 11 is 0. The van der Waals surface area contributed by atoms with Gasteiger partial charge in [0.05, 0.1) is 11.2 Å². The van der Waals surface area contributed by atoms with E-state index < -0.39 is 13.0 Å². The SMILES string of the molecule is CC1(C)C[C@H](NCc2cccnc2OCC(F)F)C(C)(C)O1. The molecule has 1 fully saturated rings. The minimum atomic E-state index is -2.51. The van der Waals surface area contributed by atoms with E-state index in [1.807, 2.05) is 6.07 Å². The first-order valence-corrected chi connectivity index (χ1v) is 7.48. The highest BCUT2D eigenvalue weighted by molar-refractivity contribution is 5.25. The zero-order valence-corrected chi connectivity index (χ0v) is 13.5. The summed E-state index contributed by atoms with van der Waals surface area (Å²) in [5.41, 5.74) is 0.310. The molecule has 22 heavy (non-hydrogen) atoms.